The molecule has 0 bridgehead atoms. The van der Waals surface area contributed by atoms with Gasteiger partial charge in [0.25, 0.3) is 0 Å². The summed E-state index contributed by atoms with van der Waals surface area (Å²) in [5, 5.41) is 0. The van der Waals surface area contributed by atoms with Crippen molar-refractivity contribution < 1.29 is 9.53 Å². The number of carbonyl (C=O) groups excluding carboxylic acids is 1. The van der Waals surface area contributed by atoms with Gasteiger partial charge in [0.1, 0.15) is 5.82 Å². The number of hydrogen-bond donors (Lipinski definition) is 0. The van der Waals surface area contributed by atoms with Crippen LogP contribution in [0, 0.1) is 6.92 Å². The van der Waals surface area contributed by atoms with Crippen LogP contribution in [0.15, 0.2) is 36.5 Å². The van der Waals surface area contributed by atoms with E-state index < -0.39 is 0 Å². The Hall–Kier alpha value is -2.14. The summed E-state index contributed by atoms with van der Waals surface area (Å²) in [6.45, 7) is 5.55. The molecule has 0 radical (unpaired) electrons. The fraction of sp³-hybridized carbons (Fsp3) is 0.583. The number of likely N-dealkylation sites (tertiary alicyclic amines) is 1. The second kappa shape index (κ2) is 7.60. The van der Waals surface area contributed by atoms with E-state index in [0.717, 1.165) is 64.8 Å². The van der Waals surface area contributed by atoms with Gasteiger partial charge in [-0.25, -0.2) is 4.98 Å². The summed E-state index contributed by atoms with van der Waals surface area (Å²) in [6.07, 6.45) is 8.17. The number of amides is 1. The number of nitrogens with zero attached hydrogens (tertiary/aromatic N) is 3. The second-order valence-corrected chi connectivity index (χ2v) is 8.99. The molecular formula is C24H31N3O2. The zero-order chi connectivity index (χ0) is 19.8. The van der Waals surface area contributed by atoms with Crippen LogP contribution in [0.4, 0.5) is 0 Å². The van der Waals surface area contributed by atoms with Crippen molar-refractivity contribution in [2.24, 2.45) is 0 Å². The summed E-state index contributed by atoms with van der Waals surface area (Å²) in [5.41, 5.74) is 2.20. The molecule has 0 N–H and O–H groups in total. The largest absolute Gasteiger partial charge is 0.381 e. The number of aromatic nitrogens is 2. The Labute approximate surface area is 173 Å². The maximum atomic E-state index is 13.4. The van der Waals surface area contributed by atoms with Gasteiger partial charge >= 0.3 is 0 Å². The lowest BCUT2D eigenvalue weighted by Gasteiger charge is -2.36. The molecule has 3 heterocycles. The number of imidazole rings is 1. The number of ether oxygens (including phenoxy) is 1. The first-order valence-electron chi connectivity index (χ1n) is 11.2. The molecule has 1 amide bonds. The minimum Gasteiger partial charge on any atom is -0.381 e. The van der Waals surface area contributed by atoms with Gasteiger partial charge < -0.3 is 14.2 Å². The predicted octanol–water partition coefficient (Wildman–Crippen LogP) is 3.98. The van der Waals surface area contributed by atoms with Gasteiger partial charge in [0.05, 0.1) is 5.41 Å². The lowest BCUT2D eigenvalue weighted by atomic mass is 9.92. The van der Waals surface area contributed by atoms with Crippen LogP contribution in [0.2, 0.25) is 0 Å². The van der Waals surface area contributed by atoms with Gasteiger partial charge in [0.2, 0.25) is 5.91 Å². The summed E-state index contributed by atoms with van der Waals surface area (Å²) in [4.78, 5) is 20.3. The molecule has 1 aromatic carbocycles. The highest BCUT2D eigenvalue weighted by molar-refractivity contribution is 5.91. The molecule has 1 aliphatic carbocycles. The Morgan fingerprint density at radius 3 is 2.41 bits per heavy atom. The molecule has 5 rings (SSSR count). The molecular weight excluding hydrogens is 362 g/mol. The van der Waals surface area contributed by atoms with Gasteiger partial charge in [0, 0.05) is 50.2 Å². The number of benzene rings is 1. The van der Waals surface area contributed by atoms with Crippen LogP contribution in [0.3, 0.4) is 0 Å². The van der Waals surface area contributed by atoms with Gasteiger partial charge in [-0.3, -0.25) is 4.79 Å². The summed E-state index contributed by atoms with van der Waals surface area (Å²) in [6, 6.07) is 10.8. The Kier molecular flexibility index (Phi) is 4.94. The summed E-state index contributed by atoms with van der Waals surface area (Å²) >= 11 is 0. The Morgan fingerprint density at radius 1 is 1.07 bits per heavy atom. The Bertz CT molecular complexity index is 858. The molecule has 2 aromatic rings. The van der Waals surface area contributed by atoms with Crippen molar-refractivity contribution in [1.82, 2.24) is 14.5 Å². The first-order chi connectivity index (χ1) is 14.2. The fourth-order valence-corrected chi connectivity index (χ4v) is 5.34. The molecule has 0 spiro atoms. The molecule has 1 saturated carbocycles. The van der Waals surface area contributed by atoms with E-state index in [1.165, 1.54) is 17.1 Å². The number of piperidine rings is 1. The third-order valence-electron chi connectivity index (χ3n) is 7.20. The van der Waals surface area contributed by atoms with Gasteiger partial charge in [0.15, 0.2) is 0 Å². The van der Waals surface area contributed by atoms with Crippen molar-refractivity contribution in [2.45, 2.75) is 62.8 Å². The highest BCUT2D eigenvalue weighted by Crippen LogP contribution is 2.50. The molecule has 5 nitrogen and oxygen atoms in total. The van der Waals surface area contributed by atoms with E-state index in [2.05, 4.69) is 40.7 Å². The molecule has 0 unspecified atom stereocenters. The normalized spacial score (nSPS) is 22.6. The van der Waals surface area contributed by atoms with Crippen molar-refractivity contribution in [3.05, 3.63) is 53.6 Å². The Morgan fingerprint density at radius 2 is 1.76 bits per heavy atom. The van der Waals surface area contributed by atoms with E-state index in [4.69, 9.17) is 9.72 Å². The van der Waals surface area contributed by atoms with E-state index in [0.29, 0.717) is 17.9 Å². The maximum Gasteiger partial charge on any atom is 0.233 e. The number of rotatable bonds is 4. The predicted molar refractivity (Wildman–Crippen MR) is 112 cm³/mol. The van der Waals surface area contributed by atoms with Crippen molar-refractivity contribution in [3.8, 4) is 0 Å². The zero-order valence-corrected chi connectivity index (χ0v) is 17.3. The van der Waals surface area contributed by atoms with Crippen LogP contribution < -0.4 is 0 Å². The van der Waals surface area contributed by atoms with E-state index in [-0.39, 0.29) is 5.41 Å². The topological polar surface area (TPSA) is 47.4 Å². The molecule has 154 valence electrons. The van der Waals surface area contributed by atoms with Crippen molar-refractivity contribution in [3.63, 3.8) is 0 Å². The average Bonchev–Trinajstić information content (AvgIpc) is 3.51. The highest BCUT2D eigenvalue weighted by Gasteiger charge is 2.53. The highest BCUT2D eigenvalue weighted by atomic mass is 16.5. The van der Waals surface area contributed by atoms with E-state index in [1.807, 2.05) is 12.3 Å². The minimum atomic E-state index is -0.244. The Balaban J connectivity index is 1.28. The smallest absolute Gasteiger partial charge is 0.233 e. The fourth-order valence-electron chi connectivity index (χ4n) is 5.34. The van der Waals surface area contributed by atoms with Crippen LogP contribution in [0.1, 0.15) is 67.6 Å². The standard InChI is InChI=1S/C24H31N3O2/c1-18-17-25-22(19-9-15-29-16-10-19)27(18)21-7-13-26(14-8-21)23(28)24(11-12-24)20-5-3-2-4-6-20/h2-6,17,19,21H,7-16H2,1H3. The van der Waals surface area contributed by atoms with Gasteiger partial charge in [-0.15, -0.1) is 0 Å². The third-order valence-corrected chi connectivity index (χ3v) is 7.20. The molecule has 1 aromatic heterocycles. The molecule has 0 atom stereocenters. The molecule has 2 saturated heterocycles. The first-order valence-corrected chi connectivity index (χ1v) is 11.2. The number of aryl methyl sites for hydroxylation is 1. The van der Waals surface area contributed by atoms with E-state index in [9.17, 15) is 4.79 Å². The zero-order valence-electron chi connectivity index (χ0n) is 17.3. The monoisotopic (exact) mass is 393 g/mol. The van der Waals surface area contributed by atoms with Crippen LogP contribution in [-0.4, -0.2) is 46.7 Å². The lowest BCUT2D eigenvalue weighted by molar-refractivity contribution is -0.135. The van der Waals surface area contributed by atoms with Crippen LogP contribution >= 0.6 is 0 Å². The van der Waals surface area contributed by atoms with Crippen molar-refractivity contribution in [1.29, 1.82) is 0 Å². The molecule has 2 aliphatic heterocycles. The van der Waals surface area contributed by atoms with Crippen LogP contribution in [0.5, 0.6) is 0 Å². The van der Waals surface area contributed by atoms with Gasteiger partial charge in [-0.05, 0) is 51.0 Å². The second-order valence-electron chi connectivity index (χ2n) is 8.99. The van der Waals surface area contributed by atoms with Gasteiger partial charge in [-0.1, -0.05) is 30.3 Å². The first kappa shape index (κ1) is 18.9. The molecule has 29 heavy (non-hydrogen) atoms. The maximum absolute atomic E-state index is 13.4. The summed E-state index contributed by atoms with van der Waals surface area (Å²) in [5.74, 6) is 2.08. The molecule has 3 fully saturated rings. The summed E-state index contributed by atoms with van der Waals surface area (Å²) < 4.78 is 8.02. The van der Waals surface area contributed by atoms with Crippen molar-refractivity contribution in [2.75, 3.05) is 26.3 Å². The van der Waals surface area contributed by atoms with Gasteiger partial charge in [-0.2, -0.15) is 0 Å². The van der Waals surface area contributed by atoms with Crippen LogP contribution in [0.25, 0.3) is 0 Å². The van der Waals surface area contributed by atoms with E-state index in [1.54, 1.807) is 0 Å². The number of carbonyl (C=O) groups is 1. The van der Waals surface area contributed by atoms with Crippen LogP contribution in [-0.2, 0) is 14.9 Å². The minimum absolute atomic E-state index is 0.244. The summed E-state index contributed by atoms with van der Waals surface area (Å²) in [7, 11) is 0. The third kappa shape index (κ3) is 3.39. The SMILES string of the molecule is Cc1cnc(C2CCOCC2)n1C1CCN(C(=O)C2(c3ccccc3)CC2)CC1. The van der Waals surface area contributed by atoms with E-state index >= 15 is 0 Å². The average molecular weight is 394 g/mol. The molecule has 5 heteroatoms. The lowest BCUT2D eigenvalue weighted by Crippen LogP contribution is -2.44. The van der Waals surface area contributed by atoms with Crippen molar-refractivity contribution >= 4 is 5.91 Å². The number of hydrogen-bond acceptors (Lipinski definition) is 3. The molecule has 3 aliphatic rings. The quantitative estimate of drug-likeness (QED) is 0.789.